The third-order valence-electron chi connectivity index (χ3n) is 5.36. The molecule has 132 valence electrons. The van der Waals surface area contributed by atoms with Crippen molar-refractivity contribution in [3.05, 3.63) is 35.9 Å². The minimum absolute atomic E-state index is 0.00553. The molecule has 0 aromatic heterocycles. The molecule has 1 atom stereocenters. The predicted molar refractivity (Wildman–Crippen MR) is 102 cm³/mol. The van der Waals surface area contributed by atoms with E-state index in [1.54, 1.807) is 0 Å². The summed E-state index contributed by atoms with van der Waals surface area (Å²) in [6.07, 6.45) is 7.89. The molecule has 0 bridgehead atoms. The van der Waals surface area contributed by atoms with Crippen molar-refractivity contribution in [3.8, 4) is 0 Å². The van der Waals surface area contributed by atoms with Gasteiger partial charge in [0, 0.05) is 0 Å². The maximum Gasteiger partial charge on any atom is 0.325 e. The van der Waals surface area contributed by atoms with Crippen LogP contribution in [0.1, 0.15) is 51.0 Å². The molecule has 3 nitrogen and oxygen atoms in total. The fraction of sp³-hybridized carbons (Fsp3) is 0.650. The molecule has 4 heteroatoms. The van der Waals surface area contributed by atoms with Crippen LogP contribution >= 0.6 is 0 Å². The van der Waals surface area contributed by atoms with Crippen molar-refractivity contribution in [1.82, 2.24) is 4.90 Å². The second kappa shape index (κ2) is 10.6. The Kier molecular flexibility index (Phi) is 8.37. The summed E-state index contributed by atoms with van der Waals surface area (Å²) in [6, 6.07) is 10.7. The standard InChI is InChI=1S/C20H32BNO2/c1-2-3-11-19(20(23)24-21)18-12-15-22(16-13-18)14-7-10-17-8-5-4-6-9-17/h4-6,8-9,18-19H,2-3,7,10-16,21H2,1H3. The van der Waals surface area contributed by atoms with Crippen LogP contribution in [0, 0.1) is 11.8 Å². The Labute approximate surface area is 148 Å². The Balaban J connectivity index is 1.72. The molecular formula is C20H32BNO2. The number of rotatable bonds is 9. The summed E-state index contributed by atoms with van der Waals surface area (Å²) in [6.45, 7) is 5.60. The van der Waals surface area contributed by atoms with Gasteiger partial charge in [-0.1, -0.05) is 50.1 Å². The Hall–Kier alpha value is -1.29. The molecule has 1 saturated heterocycles. The lowest BCUT2D eigenvalue weighted by atomic mass is 9.81. The monoisotopic (exact) mass is 329 g/mol. The minimum atomic E-state index is 0.00553. The van der Waals surface area contributed by atoms with Crippen molar-refractivity contribution in [2.24, 2.45) is 11.8 Å². The molecule has 1 aromatic carbocycles. The van der Waals surface area contributed by atoms with Gasteiger partial charge < -0.3 is 9.55 Å². The summed E-state index contributed by atoms with van der Waals surface area (Å²) in [5, 5.41) is 0. The van der Waals surface area contributed by atoms with E-state index in [9.17, 15) is 4.79 Å². The van der Waals surface area contributed by atoms with Crippen molar-refractivity contribution in [2.45, 2.75) is 51.9 Å². The highest BCUT2D eigenvalue weighted by atomic mass is 16.5. The normalized spacial score (nSPS) is 17.5. The summed E-state index contributed by atoms with van der Waals surface area (Å²) in [7, 11) is 1.53. The van der Waals surface area contributed by atoms with E-state index in [0.29, 0.717) is 5.92 Å². The van der Waals surface area contributed by atoms with Crippen molar-refractivity contribution in [3.63, 3.8) is 0 Å². The van der Waals surface area contributed by atoms with Crippen molar-refractivity contribution >= 4 is 14.0 Å². The van der Waals surface area contributed by atoms with Gasteiger partial charge in [0.15, 0.2) is 0 Å². The number of nitrogens with zero attached hydrogens (tertiary/aromatic N) is 1. The number of carbonyl (C=O) groups excluding carboxylic acids is 1. The second-order valence-corrected chi connectivity index (χ2v) is 7.04. The molecule has 1 fully saturated rings. The molecule has 0 amide bonds. The first-order valence-electron chi connectivity index (χ1n) is 9.58. The molecule has 0 radical (unpaired) electrons. The quantitative estimate of drug-likeness (QED) is 0.652. The van der Waals surface area contributed by atoms with Gasteiger partial charge in [-0.2, -0.15) is 0 Å². The Morgan fingerprint density at radius 2 is 1.96 bits per heavy atom. The third kappa shape index (κ3) is 5.97. The van der Waals surface area contributed by atoms with E-state index < -0.39 is 0 Å². The lowest BCUT2D eigenvalue weighted by Crippen LogP contribution is -2.39. The Morgan fingerprint density at radius 1 is 1.25 bits per heavy atom. The molecular weight excluding hydrogens is 297 g/mol. The van der Waals surface area contributed by atoms with E-state index in [-0.39, 0.29) is 11.9 Å². The van der Waals surface area contributed by atoms with Crippen molar-refractivity contribution < 1.29 is 9.45 Å². The van der Waals surface area contributed by atoms with Crippen LogP contribution in [0.15, 0.2) is 30.3 Å². The van der Waals surface area contributed by atoms with Crippen LogP contribution in [0.2, 0.25) is 0 Å². The zero-order chi connectivity index (χ0) is 17.2. The van der Waals surface area contributed by atoms with Gasteiger partial charge in [0.2, 0.25) is 0 Å². The first-order chi connectivity index (χ1) is 11.7. The van der Waals surface area contributed by atoms with Crippen LogP contribution < -0.4 is 0 Å². The lowest BCUT2D eigenvalue weighted by Gasteiger charge is -2.35. The number of carbonyl (C=O) groups is 1. The molecule has 1 aromatic rings. The molecule has 0 aliphatic carbocycles. The van der Waals surface area contributed by atoms with Crippen LogP contribution in [0.5, 0.6) is 0 Å². The van der Waals surface area contributed by atoms with Crippen LogP contribution in [-0.4, -0.2) is 38.6 Å². The van der Waals surface area contributed by atoms with E-state index in [1.165, 1.54) is 26.6 Å². The highest BCUT2D eigenvalue weighted by Crippen LogP contribution is 2.29. The van der Waals surface area contributed by atoms with Gasteiger partial charge in [0.05, 0.1) is 5.92 Å². The number of benzene rings is 1. The molecule has 0 N–H and O–H groups in total. The molecule has 1 aliphatic rings. The van der Waals surface area contributed by atoms with Gasteiger partial charge in [-0.05, 0) is 63.2 Å². The second-order valence-electron chi connectivity index (χ2n) is 7.04. The highest BCUT2D eigenvalue weighted by molar-refractivity contribution is 6.05. The van der Waals surface area contributed by atoms with Crippen LogP contribution in [0.25, 0.3) is 0 Å². The fourth-order valence-corrected chi connectivity index (χ4v) is 3.85. The zero-order valence-corrected chi connectivity index (χ0v) is 15.4. The number of aryl methyl sites for hydroxylation is 1. The lowest BCUT2D eigenvalue weighted by molar-refractivity contribution is -0.141. The Bertz CT molecular complexity index is 472. The number of hydrogen-bond acceptors (Lipinski definition) is 3. The molecule has 24 heavy (non-hydrogen) atoms. The summed E-state index contributed by atoms with van der Waals surface area (Å²) < 4.78 is 5.05. The molecule has 0 spiro atoms. The van der Waals surface area contributed by atoms with Gasteiger partial charge in [-0.3, -0.25) is 4.79 Å². The van der Waals surface area contributed by atoms with Gasteiger partial charge in [0.25, 0.3) is 5.97 Å². The van der Waals surface area contributed by atoms with Gasteiger partial charge >= 0.3 is 8.05 Å². The number of hydrogen-bond donors (Lipinski definition) is 0. The summed E-state index contributed by atoms with van der Waals surface area (Å²) in [5.74, 6) is 0.627. The first-order valence-corrected chi connectivity index (χ1v) is 9.58. The minimum Gasteiger partial charge on any atom is -0.543 e. The van der Waals surface area contributed by atoms with Crippen molar-refractivity contribution in [1.29, 1.82) is 0 Å². The molecule has 1 aliphatic heterocycles. The number of piperidine rings is 1. The fourth-order valence-electron chi connectivity index (χ4n) is 3.85. The molecule has 1 heterocycles. The average Bonchev–Trinajstić information content (AvgIpc) is 2.64. The Morgan fingerprint density at radius 3 is 2.58 bits per heavy atom. The SMILES string of the molecule is BOC(=O)C(CCCC)C1CCN(CCCc2ccccc2)CC1. The van der Waals surface area contributed by atoms with E-state index >= 15 is 0 Å². The molecule has 1 unspecified atom stereocenters. The summed E-state index contributed by atoms with van der Waals surface area (Å²) in [5.41, 5.74) is 1.43. The maximum absolute atomic E-state index is 12.1. The van der Waals surface area contributed by atoms with Gasteiger partial charge in [-0.25, -0.2) is 0 Å². The third-order valence-corrected chi connectivity index (χ3v) is 5.36. The number of unbranched alkanes of at least 4 members (excludes halogenated alkanes) is 1. The largest absolute Gasteiger partial charge is 0.543 e. The smallest absolute Gasteiger partial charge is 0.325 e. The van der Waals surface area contributed by atoms with E-state index in [0.717, 1.165) is 51.6 Å². The molecule has 0 saturated carbocycles. The van der Waals surface area contributed by atoms with E-state index in [1.807, 2.05) is 0 Å². The number of likely N-dealkylation sites (tertiary alicyclic amines) is 1. The van der Waals surface area contributed by atoms with Gasteiger partial charge in [0.1, 0.15) is 0 Å². The maximum atomic E-state index is 12.1. The van der Waals surface area contributed by atoms with Gasteiger partial charge in [-0.15, -0.1) is 0 Å². The zero-order valence-electron chi connectivity index (χ0n) is 15.4. The average molecular weight is 329 g/mol. The van der Waals surface area contributed by atoms with Crippen LogP contribution in [0.3, 0.4) is 0 Å². The topological polar surface area (TPSA) is 29.5 Å². The first kappa shape index (κ1) is 19.0. The van der Waals surface area contributed by atoms with Crippen LogP contribution in [-0.2, 0) is 15.9 Å². The molecule has 2 rings (SSSR count). The van der Waals surface area contributed by atoms with E-state index in [2.05, 4.69) is 42.2 Å². The highest BCUT2D eigenvalue weighted by Gasteiger charge is 2.31. The predicted octanol–water partition coefficient (Wildman–Crippen LogP) is 3.23. The summed E-state index contributed by atoms with van der Waals surface area (Å²) >= 11 is 0. The summed E-state index contributed by atoms with van der Waals surface area (Å²) in [4.78, 5) is 14.7. The van der Waals surface area contributed by atoms with Crippen molar-refractivity contribution in [2.75, 3.05) is 19.6 Å². The van der Waals surface area contributed by atoms with Crippen LogP contribution in [0.4, 0.5) is 0 Å². The van der Waals surface area contributed by atoms with E-state index in [4.69, 9.17) is 4.65 Å².